The van der Waals surface area contributed by atoms with E-state index >= 15 is 0 Å². The van der Waals surface area contributed by atoms with Crippen molar-refractivity contribution in [2.45, 2.75) is 18.1 Å². The number of hydrogen-bond donors (Lipinski definition) is 1. The Hall–Kier alpha value is -2.31. The van der Waals surface area contributed by atoms with Gasteiger partial charge < -0.3 is 5.32 Å². The van der Waals surface area contributed by atoms with Crippen molar-refractivity contribution in [1.29, 1.82) is 0 Å². The summed E-state index contributed by atoms with van der Waals surface area (Å²) in [6.45, 7) is 0.503. The highest BCUT2D eigenvalue weighted by Gasteiger charge is 2.38. The van der Waals surface area contributed by atoms with Crippen molar-refractivity contribution in [2.75, 3.05) is 13.6 Å². The lowest BCUT2D eigenvalue weighted by Gasteiger charge is -2.16. The van der Waals surface area contributed by atoms with Gasteiger partial charge in [0.05, 0.1) is 5.69 Å². The third kappa shape index (κ3) is 5.11. The molecule has 27 heavy (non-hydrogen) atoms. The minimum Gasteiger partial charge on any atom is -0.359 e. The SMILES string of the molecule is CNC(=O)CC1SC(=Nc2ccccc2)N(CCc2ccc(Cl)cc2)C1=O. The van der Waals surface area contributed by atoms with Crippen LogP contribution in [0, 0.1) is 0 Å². The van der Waals surface area contributed by atoms with E-state index in [9.17, 15) is 9.59 Å². The maximum Gasteiger partial charge on any atom is 0.242 e. The number of nitrogens with zero attached hydrogens (tertiary/aromatic N) is 2. The van der Waals surface area contributed by atoms with Gasteiger partial charge in [0.15, 0.2) is 5.17 Å². The van der Waals surface area contributed by atoms with Gasteiger partial charge in [-0.2, -0.15) is 0 Å². The molecule has 1 saturated heterocycles. The van der Waals surface area contributed by atoms with Crippen molar-refractivity contribution in [1.82, 2.24) is 10.2 Å². The van der Waals surface area contributed by atoms with Crippen molar-refractivity contribution >= 4 is 46.0 Å². The molecule has 0 radical (unpaired) electrons. The molecule has 0 aromatic heterocycles. The van der Waals surface area contributed by atoms with E-state index in [1.54, 1.807) is 11.9 Å². The van der Waals surface area contributed by atoms with Crippen molar-refractivity contribution in [3.05, 3.63) is 65.2 Å². The second-order valence-corrected chi connectivity index (χ2v) is 7.69. The van der Waals surface area contributed by atoms with E-state index in [4.69, 9.17) is 11.6 Å². The van der Waals surface area contributed by atoms with Gasteiger partial charge in [-0.3, -0.25) is 14.5 Å². The van der Waals surface area contributed by atoms with E-state index in [1.807, 2.05) is 54.6 Å². The molecular weight excluding hydrogens is 382 g/mol. The zero-order valence-electron chi connectivity index (χ0n) is 14.9. The average Bonchev–Trinajstić information content (AvgIpc) is 2.96. The number of thioether (sulfide) groups is 1. The highest BCUT2D eigenvalue weighted by Crippen LogP contribution is 2.31. The van der Waals surface area contributed by atoms with Gasteiger partial charge in [-0.15, -0.1) is 0 Å². The highest BCUT2D eigenvalue weighted by molar-refractivity contribution is 8.15. The zero-order valence-corrected chi connectivity index (χ0v) is 16.5. The second kappa shape index (κ2) is 9.06. The van der Waals surface area contributed by atoms with E-state index in [2.05, 4.69) is 10.3 Å². The molecule has 1 N–H and O–H groups in total. The Labute approximate surface area is 167 Å². The Bertz CT molecular complexity index is 840. The number of para-hydroxylation sites is 1. The number of benzene rings is 2. The minimum atomic E-state index is -0.447. The molecule has 1 aliphatic rings. The normalized spacial score (nSPS) is 18.1. The summed E-state index contributed by atoms with van der Waals surface area (Å²) in [6.07, 6.45) is 0.829. The Morgan fingerprint density at radius 3 is 2.56 bits per heavy atom. The summed E-state index contributed by atoms with van der Waals surface area (Å²) in [6, 6.07) is 17.1. The highest BCUT2D eigenvalue weighted by atomic mass is 35.5. The van der Waals surface area contributed by atoms with Gasteiger partial charge in [-0.05, 0) is 36.2 Å². The monoisotopic (exact) mass is 401 g/mol. The minimum absolute atomic E-state index is 0.0766. The van der Waals surface area contributed by atoms with Crippen LogP contribution in [0.15, 0.2) is 59.6 Å². The van der Waals surface area contributed by atoms with Crippen LogP contribution in [-0.4, -0.2) is 40.7 Å². The molecule has 1 atom stereocenters. The number of nitrogens with one attached hydrogen (secondary N) is 1. The van der Waals surface area contributed by atoms with Crippen LogP contribution in [0.1, 0.15) is 12.0 Å². The average molecular weight is 402 g/mol. The van der Waals surface area contributed by atoms with Crippen LogP contribution in [0.25, 0.3) is 0 Å². The molecule has 2 aromatic rings. The Morgan fingerprint density at radius 1 is 1.19 bits per heavy atom. The largest absolute Gasteiger partial charge is 0.359 e. The van der Waals surface area contributed by atoms with E-state index in [1.165, 1.54) is 11.8 Å². The van der Waals surface area contributed by atoms with E-state index in [0.29, 0.717) is 23.2 Å². The Balaban J connectivity index is 1.79. The van der Waals surface area contributed by atoms with Crippen molar-refractivity contribution in [3.63, 3.8) is 0 Å². The first-order valence-electron chi connectivity index (χ1n) is 8.63. The first-order chi connectivity index (χ1) is 13.1. The summed E-state index contributed by atoms with van der Waals surface area (Å²) < 4.78 is 0. The number of rotatable bonds is 6. The first kappa shape index (κ1) is 19.5. The van der Waals surface area contributed by atoms with Crippen molar-refractivity contribution in [2.24, 2.45) is 4.99 Å². The van der Waals surface area contributed by atoms with Crippen LogP contribution < -0.4 is 5.32 Å². The predicted octanol–water partition coefficient (Wildman–Crippen LogP) is 3.65. The molecule has 0 saturated carbocycles. The molecule has 1 fully saturated rings. The maximum absolute atomic E-state index is 12.9. The Morgan fingerprint density at radius 2 is 1.89 bits per heavy atom. The van der Waals surface area contributed by atoms with Crippen LogP contribution in [0.2, 0.25) is 5.02 Å². The third-order valence-corrected chi connectivity index (χ3v) is 5.62. The number of carbonyl (C=O) groups is 2. The fourth-order valence-corrected chi connectivity index (χ4v) is 4.02. The predicted molar refractivity (Wildman–Crippen MR) is 110 cm³/mol. The molecule has 7 heteroatoms. The lowest BCUT2D eigenvalue weighted by Crippen LogP contribution is -2.35. The smallest absolute Gasteiger partial charge is 0.242 e. The molecule has 140 valence electrons. The summed E-state index contributed by atoms with van der Waals surface area (Å²) in [7, 11) is 1.57. The van der Waals surface area contributed by atoms with Gasteiger partial charge in [0.2, 0.25) is 11.8 Å². The molecule has 0 aliphatic carbocycles. The van der Waals surface area contributed by atoms with Crippen LogP contribution >= 0.6 is 23.4 Å². The lowest BCUT2D eigenvalue weighted by atomic mass is 10.1. The summed E-state index contributed by atoms with van der Waals surface area (Å²) in [5.74, 6) is -0.230. The van der Waals surface area contributed by atoms with Crippen molar-refractivity contribution < 1.29 is 9.59 Å². The third-order valence-electron chi connectivity index (χ3n) is 4.19. The van der Waals surface area contributed by atoms with E-state index in [0.717, 1.165) is 11.3 Å². The van der Waals surface area contributed by atoms with Gasteiger partial charge >= 0.3 is 0 Å². The second-order valence-electron chi connectivity index (χ2n) is 6.08. The summed E-state index contributed by atoms with van der Waals surface area (Å²) in [5, 5.41) is 3.45. The molecule has 0 bridgehead atoms. The molecule has 2 amide bonds. The standard InChI is InChI=1S/C20H20ClN3O2S/c1-22-18(25)13-17-19(26)24(12-11-14-7-9-15(21)10-8-14)20(27-17)23-16-5-3-2-4-6-16/h2-10,17H,11-13H2,1H3,(H,22,25). The number of amides is 2. The lowest BCUT2D eigenvalue weighted by molar-refractivity contribution is -0.129. The molecule has 0 spiro atoms. The molecule has 2 aromatic carbocycles. The van der Waals surface area contributed by atoms with Crippen LogP contribution in [0.3, 0.4) is 0 Å². The summed E-state index contributed by atoms with van der Waals surface area (Å²) >= 11 is 7.28. The quantitative estimate of drug-likeness (QED) is 0.803. The number of aliphatic imine (C=N–C) groups is 1. The van der Waals surface area contributed by atoms with Gasteiger partial charge in [0, 0.05) is 25.0 Å². The summed E-state index contributed by atoms with van der Waals surface area (Å²) in [5.41, 5.74) is 1.87. The Kier molecular flexibility index (Phi) is 6.53. The molecule has 5 nitrogen and oxygen atoms in total. The number of hydrogen-bond acceptors (Lipinski definition) is 4. The van der Waals surface area contributed by atoms with Crippen LogP contribution in [0.5, 0.6) is 0 Å². The summed E-state index contributed by atoms with van der Waals surface area (Å²) in [4.78, 5) is 30.9. The van der Waals surface area contributed by atoms with Gasteiger partial charge in [0.25, 0.3) is 0 Å². The fourth-order valence-electron chi connectivity index (χ4n) is 2.71. The molecular formula is C20H20ClN3O2S. The van der Waals surface area contributed by atoms with Gasteiger partial charge in [0.1, 0.15) is 5.25 Å². The number of halogens is 1. The van der Waals surface area contributed by atoms with Gasteiger partial charge in [-0.25, -0.2) is 4.99 Å². The molecule has 1 heterocycles. The first-order valence-corrected chi connectivity index (χ1v) is 9.89. The van der Waals surface area contributed by atoms with Crippen molar-refractivity contribution in [3.8, 4) is 0 Å². The maximum atomic E-state index is 12.9. The number of carbonyl (C=O) groups excluding carboxylic acids is 2. The molecule has 3 rings (SSSR count). The molecule has 1 aliphatic heterocycles. The number of amidine groups is 1. The van der Waals surface area contributed by atoms with E-state index < -0.39 is 5.25 Å². The topological polar surface area (TPSA) is 61.8 Å². The van der Waals surface area contributed by atoms with E-state index in [-0.39, 0.29) is 18.2 Å². The zero-order chi connectivity index (χ0) is 19.2. The van der Waals surface area contributed by atoms with Gasteiger partial charge in [-0.1, -0.05) is 53.7 Å². The van der Waals surface area contributed by atoms with Crippen LogP contribution in [-0.2, 0) is 16.0 Å². The molecule has 1 unspecified atom stereocenters. The van der Waals surface area contributed by atoms with Crippen LogP contribution in [0.4, 0.5) is 5.69 Å². The fraction of sp³-hybridized carbons (Fsp3) is 0.250.